The van der Waals surface area contributed by atoms with Crippen LogP contribution in [0.25, 0.3) is 0 Å². The number of alkyl carbamates (subject to hydrolysis) is 1. The van der Waals surface area contributed by atoms with Crippen molar-refractivity contribution in [2.45, 2.75) is 51.4 Å². The molecule has 0 saturated heterocycles. The lowest BCUT2D eigenvalue weighted by Gasteiger charge is -2.23. The fourth-order valence-corrected chi connectivity index (χ4v) is 2.54. The molecule has 0 spiro atoms. The number of amides is 1. The monoisotopic (exact) mass is 431 g/mol. The van der Waals surface area contributed by atoms with Crippen molar-refractivity contribution in [3.8, 4) is 0 Å². The number of benzene rings is 1. The normalized spacial score (nSPS) is 13.5. The van der Waals surface area contributed by atoms with Crippen LogP contribution in [0.3, 0.4) is 0 Å². The van der Waals surface area contributed by atoms with Crippen LogP contribution < -0.4 is 5.32 Å². The molecular weight excluding hydrogens is 401 g/mol. The maximum Gasteiger partial charge on any atom is 0.408 e. The van der Waals surface area contributed by atoms with Crippen LogP contribution in [-0.2, 0) is 25.5 Å². The van der Waals surface area contributed by atoms with Gasteiger partial charge in [-0.15, -0.1) is 0 Å². The fraction of sp³-hybridized carbons (Fsp3) is 0.375. The number of esters is 1. The molecule has 1 N–H and O–H groups in total. The molecule has 31 heavy (non-hydrogen) atoms. The Bertz CT molecular complexity index is 811. The minimum atomic E-state index is -2.55. The summed E-state index contributed by atoms with van der Waals surface area (Å²) in [5.41, 5.74) is 0.592. The maximum absolute atomic E-state index is 14.6. The summed E-state index contributed by atoms with van der Waals surface area (Å²) in [6.07, 6.45) is 1.49. The van der Waals surface area contributed by atoms with Gasteiger partial charge in [-0.05, 0) is 44.7 Å². The van der Waals surface area contributed by atoms with Crippen molar-refractivity contribution < 1.29 is 28.2 Å². The number of rotatable bonds is 11. The summed E-state index contributed by atoms with van der Waals surface area (Å²) in [6.45, 7) is 11.8. The van der Waals surface area contributed by atoms with Crippen LogP contribution in [0.1, 0.15) is 32.8 Å². The molecule has 168 valence electrons. The van der Waals surface area contributed by atoms with Gasteiger partial charge in [0.1, 0.15) is 12.2 Å². The molecule has 0 radical (unpaired) electrons. The second kappa shape index (κ2) is 12.5. The molecule has 0 fully saturated rings. The first-order chi connectivity index (χ1) is 14.6. The Labute approximate surface area is 182 Å². The van der Waals surface area contributed by atoms with Crippen LogP contribution in [0.4, 0.5) is 9.18 Å². The number of ketones is 1. The van der Waals surface area contributed by atoms with Gasteiger partial charge in [-0.25, -0.2) is 14.0 Å². The highest BCUT2D eigenvalue weighted by molar-refractivity contribution is 6.05. The van der Waals surface area contributed by atoms with E-state index in [0.717, 1.165) is 5.56 Å². The number of hydrogen-bond acceptors (Lipinski definition) is 5. The molecule has 1 amide bonds. The zero-order valence-corrected chi connectivity index (χ0v) is 18.2. The van der Waals surface area contributed by atoms with Crippen LogP contribution in [0.5, 0.6) is 0 Å². The van der Waals surface area contributed by atoms with E-state index < -0.39 is 35.7 Å². The van der Waals surface area contributed by atoms with Gasteiger partial charge in [0, 0.05) is 0 Å². The highest BCUT2D eigenvalue weighted by Crippen LogP contribution is 2.12. The van der Waals surface area contributed by atoms with Gasteiger partial charge < -0.3 is 14.8 Å². The van der Waals surface area contributed by atoms with Crippen molar-refractivity contribution in [3.63, 3.8) is 0 Å². The van der Waals surface area contributed by atoms with E-state index in [0.29, 0.717) is 12.0 Å². The number of nitrogens with one attached hydrogen (secondary N) is 1. The molecule has 0 aliphatic carbocycles. The second-order valence-corrected chi connectivity index (χ2v) is 7.78. The van der Waals surface area contributed by atoms with Crippen LogP contribution in [0.2, 0.25) is 0 Å². The van der Waals surface area contributed by atoms with Gasteiger partial charge in [0.15, 0.2) is 0 Å². The second-order valence-electron chi connectivity index (χ2n) is 7.78. The molecule has 1 rings (SSSR count). The minimum absolute atomic E-state index is 0.0874. The molecule has 0 bridgehead atoms. The Morgan fingerprint density at radius 1 is 1.16 bits per heavy atom. The topological polar surface area (TPSA) is 81.7 Å². The predicted octanol–water partition coefficient (Wildman–Crippen LogP) is 4.26. The Morgan fingerprint density at radius 3 is 2.35 bits per heavy atom. The van der Waals surface area contributed by atoms with Crippen molar-refractivity contribution >= 4 is 17.8 Å². The standard InChI is InChI=1S/C24H30FNO5/c1-6-11-17(7-2)16-30-22(28)20(25)21(27)19(26-23(29)31-24(3,4)5)15-14-18-12-9-8-10-13-18/h6-13,19-20H,1-2,14-16H2,3-5H3,(H,26,29)/b17-11+/t19-,20?/m0/s1. The van der Waals surface area contributed by atoms with E-state index in [9.17, 15) is 18.8 Å². The zero-order valence-electron chi connectivity index (χ0n) is 18.2. The molecule has 1 aromatic rings. The van der Waals surface area contributed by atoms with Crippen LogP contribution in [0, 0.1) is 0 Å². The largest absolute Gasteiger partial charge is 0.458 e. The number of ether oxygens (including phenoxy) is 2. The van der Waals surface area contributed by atoms with Gasteiger partial charge in [-0.2, -0.15) is 0 Å². The number of Topliss-reactive ketones (excluding diaryl/α,β-unsaturated/α-hetero) is 1. The summed E-state index contributed by atoms with van der Waals surface area (Å²) < 4.78 is 24.6. The van der Waals surface area contributed by atoms with Crippen LogP contribution in [-0.4, -0.2) is 42.3 Å². The van der Waals surface area contributed by atoms with E-state index in [1.807, 2.05) is 30.3 Å². The summed E-state index contributed by atoms with van der Waals surface area (Å²) in [5, 5.41) is 2.38. The predicted molar refractivity (Wildman–Crippen MR) is 117 cm³/mol. The van der Waals surface area contributed by atoms with Crippen molar-refractivity contribution in [1.82, 2.24) is 5.32 Å². The Hall–Kier alpha value is -3.22. The molecule has 0 aliphatic rings. The third-order valence-corrected chi connectivity index (χ3v) is 4.03. The lowest BCUT2D eigenvalue weighted by Crippen LogP contribution is -2.48. The Morgan fingerprint density at radius 2 is 1.81 bits per heavy atom. The smallest absolute Gasteiger partial charge is 0.408 e. The fourth-order valence-electron chi connectivity index (χ4n) is 2.54. The van der Waals surface area contributed by atoms with Gasteiger partial charge >= 0.3 is 12.1 Å². The molecule has 0 aromatic heterocycles. The molecule has 1 aromatic carbocycles. The molecule has 7 heteroatoms. The van der Waals surface area contributed by atoms with E-state index in [2.05, 4.69) is 18.5 Å². The van der Waals surface area contributed by atoms with Crippen molar-refractivity contribution in [2.24, 2.45) is 0 Å². The van der Waals surface area contributed by atoms with E-state index in [1.54, 1.807) is 26.8 Å². The Kier molecular flexibility index (Phi) is 10.4. The summed E-state index contributed by atoms with van der Waals surface area (Å²) >= 11 is 0. The lowest BCUT2D eigenvalue weighted by atomic mass is 10.00. The first kappa shape index (κ1) is 25.8. The van der Waals surface area contributed by atoms with E-state index in [1.165, 1.54) is 12.2 Å². The van der Waals surface area contributed by atoms with Gasteiger partial charge in [-0.3, -0.25) is 4.79 Å². The average Bonchev–Trinajstić information content (AvgIpc) is 2.72. The Balaban J connectivity index is 2.87. The third-order valence-electron chi connectivity index (χ3n) is 4.03. The van der Waals surface area contributed by atoms with Gasteiger partial charge in [0.25, 0.3) is 6.17 Å². The highest BCUT2D eigenvalue weighted by atomic mass is 19.1. The number of hydrogen-bond donors (Lipinski definition) is 1. The molecule has 6 nitrogen and oxygen atoms in total. The number of aryl methyl sites for hydroxylation is 1. The average molecular weight is 432 g/mol. The number of carbonyl (C=O) groups is 3. The van der Waals surface area contributed by atoms with E-state index in [-0.39, 0.29) is 13.0 Å². The number of allylic oxidation sites excluding steroid dienone is 2. The van der Waals surface area contributed by atoms with Crippen LogP contribution >= 0.6 is 0 Å². The SMILES string of the molecule is C=C/C=C(\C=C)COC(=O)C(F)C(=O)[C@H](CCc1ccccc1)NC(=O)OC(C)(C)C. The first-order valence-electron chi connectivity index (χ1n) is 9.89. The highest BCUT2D eigenvalue weighted by Gasteiger charge is 2.35. The number of carbonyl (C=O) groups excluding carboxylic acids is 3. The zero-order chi connectivity index (χ0) is 23.4. The summed E-state index contributed by atoms with van der Waals surface area (Å²) in [4.78, 5) is 36.9. The number of halogens is 1. The van der Waals surface area contributed by atoms with Gasteiger partial charge in [-0.1, -0.05) is 61.7 Å². The van der Waals surface area contributed by atoms with Crippen LogP contribution in [0.15, 0.2) is 67.3 Å². The molecular formula is C24H30FNO5. The van der Waals surface area contributed by atoms with Crippen molar-refractivity contribution in [3.05, 3.63) is 72.9 Å². The van der Waals surface area contributed by atoms with Crippen molar-refractivity contribution in [1.29, 1.82) is 0 Å². The number of alkyl halides is 1. The maximum atomic E-state index is 14.6. The quantitative estimate of drug-likeness (QED) is 0.322. The molecule has 0 aliphatic heterocycles. The molecule has 0 saturated carbocycles. The molecule has 2 atom stereocenters. The summed E-state index contributed by atoms with van der Waals surface area (Å²) in [5.74, 6) is -2.43. The molecule has 0 heterocycles. The molecule has 1 unspecified atom stereocenters. The van der Waals surface area contributed by atoms with Crippen molar-refractivity contribution in [2.75, 3.05) is 6.61 Å². The van der Waals surface area contributed by atoms with E-state index >= 15 is 0 Å². The summed E-state index contributed by atoms with van der Waals surface area (Å²) in [7, 11) is 0. The lowest BCUT2D eigenvalue weighted by molar-refractivity contribution is -0.153. The third kappa shape index (κ3) is 9.89. The summed E-state index contributed by atoms with van der Waals surface area (Å²) in [6, 6.07) is 7.93. The van der Waals surface area contributed by atoms with Gasteiger partial charge in [0.2, 0.25) is 5.78 Å². The minimum Gasteiger partial charge on any atom is -0.458 e. The van der Waals surface area contributed by atoms with E-state index in [4.69, 9.17) is 9.47 Å². The van der Waals surface area contributed by atoms with Gasteiger partial charge in [0.05, 0.1) is 6.04 Å². The first-order valence-corrected chi connectivity index (χ1v) is 9.89.